The number of hydrogen-bond donors (Lipinski definition) is 0. The highest BCUT2D eigenvalue weighted by Crippen LogP contribution is 2.40. The summed E-state index contributed by atoms with van der Waals surface area (Å²) < 4.78 is 38.5. The van der Waals surface area contributed by atoms with Gasteiger partial charge in [-0.3, -0.25) is 0 Å². The fourth-order valence-electron chi connectivity index (χ4n) is 1.63. The van der Waals surface area contributed by atoms with Crippen molar-refractivity contribution in [2.24, 2.45) is 0 Å². The second-order valence-corrected chi connectivity index (χ2v) is 5.05. The standard InChI is InChI=1S/C14H19F3.2CH4/c1-5-10(2)11-6-8-12(9-7-11)13(3,4)14(15,16)17;;/h6-10H,5H2,1-4H3;2*1H4. The average Bonchev–Trinajstić information content (AvgIpc) is 2.26. The first-order valence-corrected chi connectivity index (χ1v) is 5.87. The summed E-state index contributed by atoms with van der Waals surface area (Å²) in [5, 5.41) is 0. The first-order chi connectivity index (χ1) is 7.70. The molecule has 0 spiro atoms. The molecule has 0 fully saturated rings. The summed E-state index contributed by atoms with van der Waals surface area (Å²) in [6.45, 7) is 6.57. The quantitative estimate of drug-likeness (QED) is 0.606. The molecule has 0 bridgehead atoms. The fraction of sp³-hybridized carbons (Fsp3) is 0.625. The van der Waals surface area contributed by atoms with Gasteiger partial charge in [0.25, 0.3) is 0 Å². The lowest BCUT2D eigenvalue weighted by Crippen LogP contribution is -2.36. The Bertz CT molecular complexity index is 361. The van der Waals surface area contributed by atoms with Crippen LogP contribution in [0.25, 0.3) is 0 Å². The van der Waals surface area contributed by atoms with Crippen molar-refractivity contribution >= 4 is 0 Å². The fourth-order valence-corrected chi connectivity index (χ4v) is 1.63. The third-order valence-corrected chi connectivity index (χ3v) is 3.52. The van der Waals surface area contributed by atoms with E-state index in [4.69, 9.17) is 0 Å². The Morgan fingerprint density at radius 3 is 1.74 bits per heavy atom. The smallest absolute Gasteiger partial charge is 0.170 e. The van der Waals surface area contributed by atoms with E-state index in [-0.39, 0.29) is 14.9 Å². The summed E-state index contributed by atoms with van der Waals surface area (Å²) >= 11 is 0. The molecule has 3 heteroatoms. The van der Waals surface area contributed by atoms with E-state index in [1.54, 1.807) is 24.3 Å². The summed E-state index contributed by atoms with van der Waals surface area (Å²) in [7, 11) is 0. The molecular formula is C16H27F3. The lowest BCUT2D eigenvalue weighted by molar-refractivity contribution is -0.180. The van der Waals surface area contributed by atoms with Crippen molar-refractivity contribution in [3.63, 3.8) is 0 Å². The third-order valence-electron chi connectivity index (χ3n) is 3.52. The highest BCUT2D eigenvalue weighted by atomic mass is 19.4. The first-order valence-electron chi connectivity index (χ1n) is 5.87. The molecule has 0 N–H and O–H groups in total. The molecule has 0 aliphatic heterocycles. The van der Waals surface area contributed by atoms with Gasteiger partial charge in [-0.05, 0) is 37.3 Å². The normalized spacial score (nSPS) is 13.2. The van der Waals surface area contributed by atoms with Crippen molar-refractivity contribution in [3.05, 3.63) is 35.4 Å². The van der Waals surface area contributed by atoms with Crippen LogP contribution in [0, 0.1) is 0 Å². The lowest BCUT2D eigenvalue weighted by atomic mass is 9.83. The zero-order valence-electron chi connectivity index (χ0n) is 10.7. The van der Waals surface area contributed by atoms with Crippen molar-refractivity contribution in [2.45, 2.75) is 66.5 Å². The van der Waals surface area contributed by atoms with Crippen LogP contribution in [0.1, 0.15) is 66.0 Å². The second kappa shape index (κ2) is 6.97. The van der Waals surface area contributed by atoms with Gasteiger partial charge in [0.2, 0.25) is 0 Å². The molecule has 0 nitrogen and oxygen atoms in total. The molecule has 0 radical (unpaired) electrons. The Morgan fingerprint density at radius 1 is 1.00 bits per heavy atom. The molecule has 1 unspecified atom stereocenters. The predicted molar refractivity (Wildman–Crippen MR) is 77.7 cm³/mol. The topological polar surface area (TPSA) is 0 Å². The SMILES string of the molecule is C.C.CCC(C)c1ccc(C(C)(C)C(F)(F)F)cc1. The van der Waals surface area contributed by atoms with Crippen LogP contribution in [0.4, 0.5) is 13.2 Å². The van der Waals surface area contributed by atoms with E-state index in [1.165, 1.54) is 13.8 Å². The summed E-state index contributed by atoms with van der Waals surface area (Å²) in [4.78, 5) is 0. The van der Waals surface area contributed by atoms with E-state index < -0.39 is 11.6 Å². The van der Waals surface area contributed by atoms with E-state index in [1.807, 2.05) is 0 Å². The molecule has 112 valence electrons. The number of benzene rings is 1. The number of hydrogen-bond acceptors (Lipinski definition) is 0. The second-order valence-electron chi connectivity index (χ2n) is 5.05. The minimum atomic E-state index is -4.22. The molecule has 0 aromatic heterocycles. The molecule has 1 rings (SSSR count). The predicted octanol–water partition coefficient (Wildman–Crippen LogP) is 6.31. The van der Waals surface area contributed by atoms with Crippen molar-refractivity contribution < 1.29 is 13.2 Å². The summed E-state index contributed by atoms with van der Waals surface area (Å²) in [5.74, 6) is 0.387. The maximum absolute atomic E-state index is 12.8. The maximum atomic E-state index is 12.8. The third kappa shape index (κ3) is 4.26. The average molecular weight is 276 g/mol. The van der Waals surface area contributed by atoms with Gasteiger partial charge in [-0.2, -0.15) is 13.2 Å². The molecule has 0 amide bonds. The monoisotopic (exact) mass is 276 g/mol. The summed E-state index contributed by atoms with van der Waals surface area (Å²) in [6, 6.07) is 6.79. The minimum absolute atomic E-state index is 0. The van der Waals surface area contributed by atoms with Gasteiger partial charge in [0.15, 0.2) is 0 Å². The Labute approximate surface area is 116 Å². The van der Waals surface area contributed by atoms with Gasteiger partial charge in [0.05, 0.1) is 5.41 Å². The molecule has 0 saturated heterocycles. The zero-order chi connectivity index (χ0) is 13.3. The van der Waals surface area contributed by atoms with Crippen LogP contribution in [0.3, 0.4) is 0 Å². The lowest BCUT2D eigenvalue weighted by Gasteiger charge is -2.28. The van der Waals surface area contributed by atoms with Crippen LogP contribution in [-0.4, -0.2) is 6.18 Å². The van der Waals surface area contributed by atoms with Crippen LogP contribution >= 0.6 is 0 Å². The zero-order valence-corrected chi connectivity index (χ0v) is 10.7. The van der Waals surface area contributed by atoms with Crippen molar-refractivity contribution in [1.82, 2.24) is 0 Å². The Balaban J connectivity index is 0. The van der Waals surface area contributed by atoms with Gasteiger partial charge in [-0.1, -0.05) is 53.0 Å². The van der Waals surface area contributed by atoms with Crippen molar-refractivity contribution in [2.75, 3.05) is 0 Å². The van der Waals surface area contributed by atoms with Gasteiger partial charge in [0.1, 0.15) is 0 Å². The molecule has 1 atom stereocenters. The van der Waals surface area contributed by atoms with Gasteiger partial charge in [-0.15, -0.1) is 0 Å². The van der Waals surface area contributed by atoms with Crippen LogP contribution in [0.5, 0.6) is 0 Å². The van der Waals surface area contributed by atoms with Crippen LogP contribution in [0.15, 0.2) is 24.3 Å². The highest BCUT2D eigenvalue weighted by Gasteiger charge is 2.48. The summed E-state index contributed by atoms with van der Waals surface area (Å²) in [5.41, 5.74) is -0.382. The van der Waals surface area contributed by atoms with E-state index in [0.29, 0.717) is 11.5 Å². The van der Waals surface area contributed by atoms with Crippen LogP contribution in [0.2, 0.25) is 0 Å². The number of alkyl halides is 3. The number of halogens is 3. The molecule has 19 heavy (non-hydrogen) atoms. The van der Waals surface area contributed by atoms with Crippen molar-refractivity contribution in [3.8, 4) is 0 Å². The van der Waals surface area contributed by atoms with Gasteiger partial charge in [0, 0.05) is 0 Å². The molecule has 1 aromatic carbocycles. The highest BCUT2D eigenvalue weighted by molar-refractivity contribution is 5.30. The number of rotatable bonds is 3. The van der Waals surface area contributed by atoms with Gasteiger partial charge >= 0.3 is 6.18 Å². The minimum Gasteiger partial charge on any atom is -0.170 e. The van der Waals surface area contributed by atoms with E-state index >= 15 is 0 Å². The van der Waals surface area contributed by atoms with E-state index in [0.717, 1.165) is 12.0 Å². The van der Waals surface area contributed by atoms with E-state index in [9.17, 15) is 13.2 Å². The van der Waals surface area contributed by atoms with Gasteiger partial charge in [-0.25, -0.2) is 0 Å². The van der Waals surface area contributed by atoms with Gasteiger partial charge < -0.3 is 0 Å². The van der Waals surface area contributed by atoms with E-state index in [2.05, 4.69) is 13.8 Å². The molecule has 0 aliphatic carbocycles. The first kappa shape index (κ1) is 20.3. The Morgan fingerprint density at radius 2 is 1.42 bits per heavy atom. The molecule has 1 aromatic rings. The molecular weight excluding hydrogens is 249 g/mol. The van der Waals surface area contributed by atoms with Crippen LogP contribution < -0.4 is 0 Å². The maximum Gasteiger partial charge on any atom is 0.397 e. The largest absolute Gasteiger partial charge is 0.397 e. The summed E-state index contributed by atoms with van der Waals surface area (Å²) in [6.07, 6.45) is -3.23. The van der Waals surface area contributed by atoms with Crippen molar-refractivity contribution in [1.29, 1.82) is 0 Å². The molecule has 0 heterocycles. The molecule has 0 saturated carbocycles. The Kier molecular flexibility index (Phi) is 7.46. The van der Waals surface area contributed by atoms with Crippen LogP contribution in [-0.2, 0) is 5.41 Å². The Hall–Kier alpha value is -0.990. The molecule has 0 aliphatic rings.